The van der Waals surface area contributed by atoms with Gasteiger partial charge in [-0.15, -0.1) is 0 Å². The van der Waals surface area contributed by atoms with Gasteiger partial charge in [-0.05, 0) is 45.9 Å². The first kappa shape index (κ1) is 20.1. The van der Waals surface area contributed by atoms with Crippen molar-refractivity contribution < 1.29 is 4.79 Å². The molecule has 1 aromatic carbocycles. The molecule has 0 bridgehead atoms. The summed E-state index contributed by atoms with van der Waals surface area (Å²) in [5.41, 5.74) is 10.6. The molecule has 0 atom stereocenters. The lowest BCUT2D eigenvalue weighted by molar-refractivity contribution is -0.115. The molecule has 0 aliphatic heterocycles. The molecule has 146 valence electrons. The molecule has 0 radical (unpaired) electrons. The van der Waals surface area contributed by atoms with Gasteiger partial charge in [0.15, 0.2) is 0 Å². The van der Waals surface area contributed by atoms with E-state index in [0.717, 1.165) is 28.3 Å². The molecule has 28 heavy (non-hydrogen) atoms. The number of rotatable bonds is 4. The lowest BCUT2D eigenvalue weighted by Crippen LogP contribution is -2.15. The highest BCUT2D eigenvalue weighted by atomic mass is 35.5. The second-order valence-electron chi connectivity index (χ2n) is 6.59. The minimum atomic E-state index is -0.219. The highest BCUT2D eigenvalue weighted by Crippen LogP contribution is 2.31. The maximum Gasteiger partial charge on any atom is 0.251 e. The van der Waals surface area contributed by atoms with Gasteiger partial charge in [-0.3, -0.25) is 4.79 Å². The number of carbonyl (C=O) groups excluding carboxylic acids is 1. The number of halogens is 2. The van der Waals surface area contributed by atoms with Gasteiger partial charge in [0, 0.05) is 28.3 Å². The van der Waals surface area contributed by atoms with E-state index in [1.165, 1.54) is 0 Å². The maximum atomic E-state index is 12.6. The van der Waals surface area contributed by atoms with Gasteiger partial charge < -0.3 is 11.1 Å². The first-order valence-corrected chi connectivity index (χ1v) is 9.33. The van der Waals surface area contributed by atoms with E-state index in [-0.39, 0.29) is 28.1 Å². The Labute approximate surface area is 172 Å². The number of nitrogens with zero attached hydrogens (tertiary/aromatic N) is 4. The molecule has 0 saturated heterocycles. The number of amides is 1. The topological polar surface area (TPSA) is 98.7 Å². The predicted octanol–water partition coefficient (Wildman–Crippen LogP) is 3.97. The lowest BCUT2D eigenvalue weighted by atomic mass is 10.1. The number of hydrogen-bond acceptors (Lipinski definition) is 5. The Morgan fingerprint density at radius 1 is 1.07 bits per heavy atom. The summed E-state index contributed by atoms with van der Waals surface area (Å²) < 4.78 is 1.66. The minimum absolute atomic E-state index is 0.141. The normalized spacial score (nSPS) is 10.9. The van der Waals surface area contributed by atoms with Crippen LogP contribution >= 0.6 is 23.2 Å². The van der Waals surface area contributed by atoms with E-state index in [4.69, 9.17) is 28.9 Å². The summed E-state index contributed by atoms with van der Waals surface area (Å²) in [5, 5.41) is 7.88. The van der Waals surface area contributed by atoms with Crippen molar-refractivity contribution in [1.29, 1.82) is 0 Å². The highest BCUT2D eigenvalue weighted by Gasteiger charge is 2.18. The van der Waals surface area contributed by atoms with Crippen molar-refractivity contribution in [3.63, 3.8) is 0 Å². The number of aryl methyl sites for hydroxylation is 3. The Morgan fingerprint density at radius 3 is 2.21 bits per heavy atom. The summed E-state index contributed by atoms with van der Waals surface area (Å²) in [6, 6.07) is 5.02. The zero-order chi connectivity index (χ0) is 20.6. The Kier molecular flexibility index (Phi) is 5.58. The molecule has 0 fully saturated rings. The van der Waals surface area contributed by atoms with Crippen molar-refractivity contribution in [2.75, 3.05) is 11.1 Å². The van der Waals surface area contributed by atoms with E-state index < -0.39 is 0 Å². The molecular weight excluding hydrogens is 399 g/mol. The fraction of sp³-hybridized carbons (Fsp3) is 0.263. The van der Waals surface area contributed by atoms with E-state index in [1.807, 2.05) is 33.8 Å². The van der Waals surface area contributed by atoms with Crippen LogP contribution in [-0.4, -0.2) is 25.7 Å². The number of nitrogens with one attached hydrogen (secondary N) is 1. The zero-order valence-corrected chi connectivity index (χ0v) is 17.5. The maximum absolute atomic E-state index is 12.6. The molecule has 2 heterocycles. The first-order valence-electron chi connectivity index (χ1n) is 8.58. The van der Waals surface area contributed by atoms with Crippen molar-refractivity contribution >= 4 is 40.5 Å². The first-order chi connectivity index (χ1) is 13.2. The summed E-state index contributed by atoms with van der Waals surface area (Å²) >= 11 is 12.0. The van der Waals surface area contributed by atoms with Crippen LogP contribution < -0.4 is 11.1 Å². The van der Waals surface area contributed by atoms with Crippen LogP contribution in [0.1, 0.15) is 28.3 Å². The molecule has 2 aromatic heterocycles. The molecule has 0 aliphatic carbocycles. The van der Waals surface area contributed by atoms with Gasteiger partial charge in [0.25, 0.3) is 5.95 Å². The average Bonchev–Trinajstić information content (AvgIpc) is 2.87. The summed E-state index contributed by atoms with van der Waals surface area (Å²) in [6.45, 7) is 7.55. The largest absolute Gasteiger partial charge is 0.396 e. The number of nitrogens with two attached hydrogens (primary N) is 1. The van der Waals surface area contributed by atoms with E-state index in [1.54, 1.807) is 16.8 Å². The van der Waals surface area contributed by atoms with Crippen LogP contribution in [0.5, 0.6) is 0 Å². The lowest BCUT2D eigenvalue weighted by Gasteiger charge is -2.09. The molecule has 3 N–H and O–H groups in total. The van der Waals surface area contributed by atoms with Crippen LogP contribution in [0.2, 0.25) is 10.0 Å². The minimum Gasteiger partial charge on any atom is -0.396 e. The molecule has 0 saturated carbocycles. The van der Waals surface area contributed by atoms with E-state index in [9.17, 15) is 4.79 Å². The third kappa shape index (κ3) is 4.10. The number of carbonyl (C=O) groups is 1. The molecule has 9 heteroatoms. The summed E-state index contributed by atoms with van der Waals surface area (Å²) in [5.74, 6) is 0.269. The number of hydrogen-bond donors (Lipinski definition) is 2. The fourth-order valence-electron chi connectivity index (χ4n) is 2.95. The smallest absolute Gasteiger partial charge is 0.251 e. The quantitative estimate of drug-likeness (QED) is 0.624. The van der Waals surface area contributed by atoms with Crippen molar-refractivity contribution in [1.82, 2.24) is 19.7 Å². The van der Waals surface area contributed by atoms with E-state index >= 15 is 0 Å². The Hall–Kier alpha value is -2.64. The van der Waals surface area contributed by atoms with Crippen molar-refractivity contribution in [3.05, 3.63) is 56.6 Å². The van der Waals surface area contributed by atoms with Crippen LogP contribution in [0, 0.1) is 27.7 Å². The predicted molar refractivity (Wildman–Crippen MR) is 111 cm³/mol. The third-order valence-corrected chi connectivity index (χ3v) is 4.93. The van der Waals surface area contributed by atoms with Gasteiger partial charge in [0.05, 0.1) is 27.8 Å². The van der Waals surface area contributed by atoms with Gasteiger partial charge >= 0.3 is 0 Å². The average molecular weight is 419 g/mol. The molecule has 0 aliphatic rings. The number of nitrogen functional groups attached to an aromatic ring is 1. The van der Waals surface area contributed by atoms with Crippen LogP contribution in [0.15, 0.2) is 18.2 Å². The monoisotopic (exact) mass is 418 g/mol. The standard InChI is InChI=1S/C19H20Cl2N6O/c1-9-5-10(2)24-19(23-9)27-12(4)14(11(3)26-27)8-17(28)25-13-6-15(20)18(22)16(21)7-13/h5-7H,8,22H2,1-4H3,(H,25,28). The second kappa shape index (κ2) is 7.77. The number of anilines is 2. The summed E-state index contributed by atoms with van der Waals surface area (Å²) in [6.07, 6.45) is 0.141. The Balaban J connectivity index is 1.85. The fourth-order valence-corrected chi connectivity index (χ4v) is 3.44. The van der Waals surface area contributed by atoms with Gasteiger partial charge in [-0.2, -0.15) is 5.10 Å². The van der Waals surface area contributed by atoms with E-state index in [2.05, 4.69) is 20.4 Å². The molecule has 7 nitrogen and oxygen atoms in total. The van der Waals surface area contributed by atoms with Crippen LogP contribution in [0.4, 0.5) is 11.4 Å². The zero-order valence-electron chi connectivity index (χ0n) is 16.0. The van der Waals surface area contributed by atoms with Gasteiger partial charge in [-0.1, -0.05) is 23.2 Å². The Bertz CT molecular complexity index is 1030. The Morgan fingerprint density at radius 2 is 1.64 bits per heavy atom. The highest BCUT2D eigenvalue weighted by molar-refractivity contribution is 6.39. The van der Waals surface area contributed by atoms with Crippen molar-refractivity contribution in [2.24, 2.45) is 0 Å². The van der Waals surface area contributed by atoms with Gasteiger partial charge in [0.1, 0.15) is 0 Å². The van der Waals surface area contributed by atoms with Crippen molar-refractivity contribution in [3.8, 4) is 5.95 Å². The number of aromatic nitrogens is 4. The summed E-state index contributed by atoms with van der Waals surface area (Å²) in [4.78, 5) is 21.4. The van der Waals surface area contributed by atoms with Crippen molar-refractivity contribution in [2.45, 2.75) is 34.1 Å². The van der Waals surface area contributed by atoms with Crippen LogP contribution in [0.25, 0.3) is 5.95 Å². The molecular formula is C19H20Cl2N6O. The van der Waals surface area contributed by atoms with E-state index in [0.29, 0.717) is 11.6 Å². The number of benzene rings is 1. The molecule has 1 amide bonds. The molecule has 0 unspecified atom stereocenters. The molecule has 3 aromatic rings. The van der Waals surface area contributed by atoms with Crippen LogP contribution in [-0.2, 0) is 11.2 Å². The SMILES string of the molecule is Cc1cc(C)nc(-n2nc(C)c(CC(=O)Nc3cc(Cl)c(N)c(Cl)c3)c2C)n1. The second-order valence-corrected chi connectivity index (χ2v) is 7.40. The van der Waals surface area contributed by atoms with Gasteiger partial charge in [0.2, 0.25) is 5.91 Å². The summed E-state index contributed by atoms with van der Waals surface area (Å²) in [7, 11) is 0. The van der Waals surface area contributed by atoms with Crippen LogP contribution in [0.3, 0.4) is 0 Å². The third-order valence-electron chi connectivity index (χ3n) is 4.30. The molecule has 3 rings (SSSR count). The molecule has 0 spiro atoms. The van der Waals surface area contributed by atoms with Gasteiger partial charge in [-0.25, -0.2) is 14.6 Å².